The highest BCUT2D eigenvalue weighted by Crippen LogP contribution is 2.23. The molecule has 0 spiro atoms. The summed E-state index contributed by atoms with van der Waals surface area (Å²) in [5.41, 5.74) is 1.67. The van der Waals surface area contributed by atoms with Crippen LogP contribution in [0.2, 0.25) is 0 Å². The lowest BCUT2D eigenvalue weighted by molar-refractivity contribution is -0.124. The first kappa shape index (κ1) is 18.7. The topological polar surface area (TPSA) is 84.2 Å². The van der Waals surface area contributed by atoms with Crippen LogP contribution in [0.5, 0.6) is 11.6 Å². The fourth-order valence-corrected chi connectivity index (χ4v) is 3.06. The minimum absolute atomic E-state index is 0.0225. The molecule has 1 amide bonds. The molecule has 3 rings (SSSR count). The minimum Gasteiger partial charge on any atom is -0.484 e. The van der Waals surface area contributed by atoms with E-state index in [4.69, 9.17) is 14.7 Å². The van der Waals surface area contributed by atoms with Gasteiger partial charge < -0.3 is 14.8 Å². The molecule has 0 radical (unpaired) electrons. The Bertz CT molecular complexity index is 789. The molecular weight excluding hydrogens is 342 g/mol. The highest BCUT2D eigenvalue weighted by molar-refractivity contribution is 5.77. The summed E-state index contributed by atoms with van der Waals surface area (Å²) in [6.45, 7) is 2.03. The van der Waals surface area contributed by atoms with E-state index in [-0.39, 0.29) is 24.7 Å². The molecule has 0 unspecified atom stereocenters. The fraction of sp³-hybridized carbons (Fsp3) is 0.381. The molecule has 0 saturated heterocycles. The number of hydrogen-bond acceptors (Lipinski definition) is 5. The van der Waals surface area contributed by atoms with Gasteiger partial charge in [-0.05, 0) is 50.8 Å². The number of nitrogens with one attached hydrogen (secondary N) is 1. The minimum atomic E-state index is -0.103. The van der Waals surface area contributed by atoms with Crippen LogP contribution >= 0.6 is 0 Å². The van der Waals surface area contributed by atoms with Gasteiger partial charge in [0.1, 0.15) is 17.9 Å². The Balaban J connectivity index is 1.37. The van der Waals surface area contributed by atoms with Gasteiger partial charge in [-0.25, -0.2) is 4.98 Å². The van der Waals surface area contributed by atoms with Gasteiger partial charge in [0.2, 0.25) is 5.88 Å². The Hall–Kier alpha value is -3.07. The summed E-state index contributed by atoms with van der Waals surface area (Å²) in [7, 11) is 0. The molecule has 6 nitrogen and oxygen atoms in total. The first-order valence-electron chi connectivity index (χ1n) is 9.14. The molecule has 1 aliphatic carbocycles. The number of benzene rings is 1. The molecule has 0 aliphatic heterocycles. The van der Waals surface area contributed by atoms with Crippen molar-refractivity contribution in [1.82, 2.24) is 10.3 Å². The Kier molecular flexibility index (Phi) is 6.26. The summed E-state index contributed by atoms with van der Waals surface area (Å²) in [4.78, 5) is 16.2. The van der Waals surface area contributed by atoms with E-state index in [1.807, 2.05) is 37.3 Å². The zero-order valence-electron chi connectivity index (χ0n) is 15.4. The number of hydrogen-bond donors (Lipinski definition) is 1. The van der Waals surface area contributed by atoms with E-state index in [0.29, 0.717) is 17.2 Å². The maximum absolute atomic E-state index is 12.1. The number of ether oxygens (including phenoxy) is 2. The van der Waals surface area contributed by atoms with Crippen LogP contribution in [0.4, 0.5) is 0 Å². The third-order valence-electron chi connectivity index (χ3n) is 4.58. The van der Waals surface area contributed by atoms with Crippen LogP contribution in [0.1, 0.15) is 36.8 Å². The lowest BCUT2D eigenvalue weighted by atomic mass is 9.93. The van der Waals surface area contributed by atoms with Crippen molar-refractivity contribution < 1.29 is 14.3 Å². The lowest BCUT2D eigenvalue weighted by Crippen LogP contribution is -2.41. The summed E-state index contributed by atoms with van der Waals surface area (Å²) in [5, 5.41) is 11.8. The standard InChI is InChI=1S/C21H23N3O3/c1-15-2-7-18(8-3-15)26-14-20(25)24-17-5-9-19(10-6-17)27-21-11-4-16(12-22)13-23-21/h2-4,7-8,11,13,17,19H,5-6,9-10,14H2,1H3,(H,24,25). The fourth-order valence-electron chi connectivity index (χ4n) is 3.06. The van der Waals surface area contributed by atoms with E-state index >= 15 is 0 Å². The molecular formula is C21H23N3O3. The predicted octanol–water partition coefficient (Wildman–Crippen LogP) is 3.15. The largest absolute Gasteiger partial charge is 0.484 e. The molecule has 1 fully saturated rings. The maximum Gasteiger partial charge on any atom is 0.258 e. The number of nitriles is 1. The van der Waals surface area contributed by atoms with E-state index in [2.05, 4.69) is 10.3 Å². The van der Waals surface area contributed by atoms with Crippen molar-refractivity contribution in [2.24, 2.45) is 0 Å². The molecule has 27 heavy (non-hydrogen) atoms. The summed E-state index contributed by atoms with van der Waals surface area (Å²) < 4.78 is 11.4. The normalized spacial score (nSPS) is 19.0. The molecule has 1 heterocycles. The van der Waals surface area contributed by atoms with Gasteiger partial charge in [-0.2, -0.15) is 5.26 Å². The van der Waals surface area contributed by atoms with Gasteiger partial charge in [0.25, 0.3) is 5.91 Å². The zero-order valence-corrected chi connectivity index (χ0v) is 15.4. The van der Waals surface area contributed by atoms with Crippen molar-refractivity contribution in [2.75, 3.05) is 6.61 Å². The van der Waals surface area contributed by atoms with Crippen LogP contribution in [-0.4, -0.2) is 29.6 Å². The van der Waals surface area contributed by atoms with Gasteiger partial charge in [0.15, 0.2) is 6.61 Å². The van der Waals surface area contributed by atoms with Gasteiger partial charge in [-0.1, -0.05) is 17.7 Å². The first-order valence-corrected chi connectivity index (χ1v) is 9.14. The Morgan fingerprint density at radius 2 is 1.93 bits per heavy atom. The number of pyridine rings is 1. The van der Waals surface area contributed by atoms with Crippen LogP contribution < -0.4 is 14.8 Å². The van der Waals surface area contributed by atoms with Crippen molar-refractivity contribution in [1.29, 1.82) is 5.26 Å². The van der Waals surface area contributed by atoms with Gasteiger partial charge in [-0.15, -0.1) is 0 Å². The number of rotatable bonds is 6. The van der Waals surface area contributed by atoms with Gasteiger partial charge >= 0.3 is 0 Å². The number of aryl methyl sites for hydroxylation is 1. The van der Waals surface area contributed by atoms with Crippen LogP contribution in [0.15, 0.2) is 42.6 Å². The monoisotopic (exact) mass is 365 g/mol. The summed E-state index contributed by atoms with van der Waals surface area (Å²) in [6, 6.07) is 13.2. The van der Waals surface area contributed by atoms with Gasteiger partial charge in [0.05, 0.1) is 5.56 Å². The lowest BCUT2D eigenvalue weighted by Gasteiger charge is -2.29. The van der Waals surface area contributed by atoms with Crippen LogP contribution in [-0.2, 0) is 4.79 Å². The van der Waals surface area contributed by atoms with Crippen LogP contribution in [0.3, 0.4) is 0 Å². The van der Waals surface area contributed by atoms with Crippen LogP contribution in [0, 0.1) is 18.3 Å². The van der Waals surface area contributed by atoms with Crippen LogP contribution in [0.25, 0.3) is 0 Å². The van der Waals surface area contributed by atoms with Gasteiger partial charge in [0, 0.05) is 18.3 Å². The summed E-state index contributed by atoms with van der Waals surface area (Å²) in [6.07, 6.45) is 5.02. The van der Waals surface area contributed by atoms with E-state index in [0.717, 1.165) is 31.2 Å². The third kappa shape index (κ3) is 5.71. The third-order valence-corrected chi connectivity index (χ3v) is 4.58. The molecule has 0 bridgehead atoms. The Labute approximate surface area is 159 Å². The SMILES string of the molecule is Cc1ccc(OCC(=O)NC2CCC(Oc3ccc(C#N)cn3)CC2)cc1. The number of carbonyl (C=O) groups excluding carboxylic acids is 1. The molecule has 140 valence electrons. The maximum atomic E-state index is 12.1. The second kappa shape index (κ2) is 9.04. The summed E-state index contributed by atoms with van der Waals surface area (Å²) in [5.74, 6) is 1.13. The number of amides is 1. The predicted molar refractivity (Wildman–Crippen MR) is 100 cm³/mol. The summed E-state index contributed by atoms with van der Waals surface area (Å²) >= 11 is 0. The molecule has 1 aliphatic rings. The van der Waals surface area contributed by atoms with E-state index < -0.39 is 0 Å². The molecule has 2 aromatic rings. The molecule has 6 heteroatoms. The smallest absolute Gasteiger partial charge is 0.258 e. The number of carbonyl (C=O) groups is 1. The number of aromatic nitrogens is 1. The second-order valence-corrected chi connectivity index (χ2v) is 6.76. The van der Waals surface area contributed by atoms with Crippen molar-refractivity contribution in [2.45, 2.75) is 44.8 Å². The highest BCUT2D eigenvalue weighted by atomic mass is 16.5. The molecule has 1 aromatic heterocycles. The quantitative estimate of drug-likeness (QED) is 0.850. The highest BCUT2D eigenvalue weighted by Gasteiger charge is 2.24. The molecule has 0 atom stereocenters. The first-order chi connectivity index (χ1) is 13.1. The second-order valence-electron chi connectivity index (χ2n) is 6.76. The van der Waals surface area contributed by atoms with E-state index in [1.54, 1.807) is 12.1 Å². The zero-order chi connectivity index (χ0) is 19.1. The van der Waals surface area contributed by atoms with E-state index in [1.165, 1.54) is 6.20 Å². The van der Waals surface area contributed by atoms with Crippen molar-refractivity contribution in [3.8, 4) is 17.7 Å². The average Bonchev–Trinajstić information content (AvgIpc) is 2.70. The Morgan fingerprint density at radius 3 is 2.56 bits per heavy atom. The molecule has 1 aromatic carbocycles. The van der Waals surface area contributed by atoms with Crippen molar-refractivity contribution >= 4 is 5.91 Å². The number of nitrogens with zero attached hydrogens (tertiary/aromatic N) is 2. The molecule has 1 saturated carbocycles. The van der Waals surface area contributed by atoms with E-state index in [9.17, 15) is 4.79 Å². The average molecular weight is 365 g/mol. The Morgan fingerprint density at radius 1 is 1.19 bits per heavy atom. The van der Waals surface area contributed by atoms with Crippen molar-refractivity contribution in [3.05, 3.63) is 53.7 Å². The molecule has 1 N–H and O–H groups in total. The van der Waals surface area contributed by atoms with Crippen molar-refractivity contribution in [3.63, 3.8) is 0 Å². The van der Waals surface area contributed by atoms with Gasteiger partial charge in [-0.3, -0.25) is 4.79 Å².